The van der Waals surface area contributed by atoms with Gasteiger partial charge in [-0.25, -0.2) is 14.6 Å². The zero-order valence-electron chi connectivity index (χ0n) is 23.2. The highest BCUT2D eigenvalue weighted by Gasteiger charge is 2.25. The van der Waals surface area contributed by atoms with Crippen molar-refractivity contribution in [3.8, 4) is 0 Å². The maximum absolute atomic E-state index is 13.2. The Bertz CT molecular complexity index is 1310. The minimum atomic E-state index is -0.889. The molecule has 3 aromatic rings. The molecule has 39 heavy (non-hydrogen) atoms. The van der Waals surface area contributed by atoms with Crippen molar-refractivity contribution in [1.29, 1.82) is 0 Å². The van der Waals surface area contributed by atoms with Crippen LogP contribution in [0.5, 0.6) is 0 Å². The SMILES string of the molecule is CC(C)(C)OC(=O)/N=C(\N)c1ccc(CN(C(=O)OC(C)(C)C)c2cc(C(O)c3ccccc3)ccn2)cc1. The summed E-state index contributed by atoms with van der Waals surface area (Å²) in [7, 11) is 0. The van der Waals surface area contributed by atoms with Crippen LogP contribution in [-0.4, -0.2) is 39.3 Å². The Morgan fingerprint density at radius 2 is 1.54 bits per heavy atom. The Hall–Kier alpha value is -4.24. The molecule has 206 valence electrons. The lowest BCUT2D eigenvalue weighted by Gasteiger charge is -2.27. The number of anilines is 1. The fraction of sp³-hybridized carbons (Fsp3) is 0.333. The summed E-state index contributed by atoms with van der Waals surface area (Å²) in [6.07, 6.45) is -0.703. The van der Waals surface area contributed by atoms with E-state index in [0.29, 0.717) is 16.9 Å². The number of nitrogens with zero attached hydrogens (tertiary/aromatic N) is 3. The van der Waals surface area contributed by atoms with Crippen LogP contribution in [0.25, 0.3) is 0 Å². The number of aliphatic imine (C=N–C) groups is 1. The van der Waals surface area contributed by atoms with E-state index in [2.05, 4.69) is 9.98 Å². The van der Waals surface area contributed by atoms with Gasteiger partial charge in [-0.3, -0.25) is 4.90 Å². The molecule has 1 aromatic heterocycles. The van der Waals surface area contributed by atoms with Gasteiger partial charge in [0, 0.05) is 11.8 Å². The number of aliphatic hydroxyl groups is 1. The van der Waals surface area contributed by atoms with E-state index in [9.17, 15) is 14.7 Å². The van der Waals surface area contributed by atoms with Gasteiger partial charge in [0.2, 0.25) is 0 Å². The fourth-order valence-corrected chi connectivity index (χ4v) is 3.55. The van der Waals surface area contributed by atoms with Crippen molar-refractivity contribution in [1.82, 2.24) is 4.98 Å². The molecule has 0 aliphatic rings. The standard InChI is InChI=1S/C30H36N4O5/c1-29(2,3)38-27(36)33-26(31)22-14-12-20(13-15-22)19-34(28(37)39-30(4,5)6)24-18-23(16-17-32-24)25(35)21-10-8-7-9-11-21/h7-18,25,35H,19H2,1-6H3,(H2,31,33,36). The molecule has 0 spiro atoms. The van der Waals surface area contributed by atoms with Crippen LogP contribution >= 0.6 is 0 Å². The molecule has 9 heteroatoms. The second-order valence-electron chi connectivity index (χ2n) is 11.0. The molecule has 1 unspecified atom stereocenters. The first-order valence-corrected chi connectivity index (χ1v) is 12.6. The van der Waals surface area contributed by atoms with Gasteiger partial charge < -0.3 is 20.3 Å². The predicted molar refractivity (Wildman–Crippen MR) is 151 cm³/mol. The van der Waals surface area contributed by atoms with Gasteiger partial charge in [-0.05, 0) is 70.4 Å². The lowest BCUT2D eigenvalue weighted by Crippen LogP contribution is -2.37. The summed E-state index contributed by atoms with van der Waals surface area (Å²) in [4.78, 5) is 34.8. The van der Waals surface area contributed by atoms with Crippen molar-refractivity contribution in [2.45, 2.75) is 65.4 Å². The molecule has 3 N–H and O–H groups in total. The molecular formula is C30H36N4O5. The van der Waals surface area contributed by atoms with Gasteiger partial charge in [-0.1, -0.05) is 54.6 Å². The van der Waals surface area contributed by atoms with Crippen LogP contribution in [0.2, 0.25) is 0 Å². The van der Waals surface area contributed by atoms with Gasteiger partial charge in [0.15, 0.2) is 0 Å². The van der Waals surface area contributed by atoms with Gasteiger partial charge in [0.1, 0.15) is 29.0 Å². The number of rotatable bonds is 6. The van der Waals surface area contributed by atoms with E-state index >= 15 is 0 Å². The Kier molecular flexibility index (Phi) is 9.08. The third kappa shape index (κ3) is 8.93. The molecule has 2 amide bonds. The van der Waals surface area contributed by atoms with Crippen LogP contribution in [0.4, 0.5) is 15.4 Å². The average Bonchev–Trinajstić information content (AvgIpc) is 2.85. The number of carbonyl (C=O) groups is 2. The van der Waals surface area contributed by atoms with E-state index in [1.807, 2.05) is 30.3 Å². The Morgan fingerprint density at radius 3 is 2.13 bits per heavy atom. The number of benzene rings is 2. The summed E-state index contributed by atoms with van der Waals surface area (Å²) in [5, 5.41) is 10.9. The molecule has 2 aromatic carbocycles. The van der Waals surface area contributed by atoms with E-state index < -0.39 is 29.5 Å². The molecule has 3 rings (SSSR count). The van der Waals surface area contributed by atoms with Crippen molar-refractivity contribution >= 4 is 23.8 Å². The number of hydrogen-bond donors (Lipinski definition) is 2. The highest BCUT2D eigenvalue weighted by molar-refractivity contribution is 6.02. The van der Waals surface area contributed by atoms with Crippen molar-refractivity contribution in [3.63, 3.8) is 0 Å². The first kappa shape index (κ1) is 29.3. The lowest BCUT2D eigenvalue weighted by atomic mass is 10.0. The monoisotopic (exact) mass is 532 g/mol. The van der Waals surface area contributed by atoms with Crippen molar-refractivity contribution in [3.05, 3.63) is 95.2 Å². The summed E-state index contributed by atoms with van der Waals surface area (Å²) in [5.74, 6) is 0.343. The molecule has 1 atom stereocenters. The summed E-state index contributed by atoms with van der Waals surface area (Å²) in [6, 6.07) is 19.6. The normalized spacial score (nSPS) is 12.9. The zero-order valence-corrected chi connectivity index (χ0v) is 23.2. The Balaban J connectivity index is 1.87. The van der Waals surface area contributed by atoms with Crippen LogP contribution in [0.3, 0.4) is 0 Å². The second kappa shape index (κ2) is 12.1. The van der Waals surface area contributed by atoms with Crippen molar-refractivity contribution in [2.24, 2.45) is 10.7 Å². The topological polar surface area (TPSA) is 127 Å². The molecule has 0 aliphatic heterocycles. The summed E-state index contributed by atoms with van der Waals surface area (Å²) in [5.41, 5.74) is 7.18. The molecule has 9 nitrogen and oxygen atoms in total. The minimum Gasteiger partial charge on any atom is -0.443 e. The van der Waals surface area contributed by atoms with Crippen molar-refractivity contribution in [2.75, 3.05) is 4.90 Å². The minimum absolute atomic E-state index is 0.0177. The molecule has 0 saturated heterocycles. The molecule has 0 saturated carbocycles. The lowest BCUT2D eigenvalue weighted by molar-refractivity contribution is 0.0572. The van der Waals surface area contributed by atoms with E-state index in [1.165, 1.54) is 4.90 Å². The number of ether oxygens (including phenoxy) is 2. The van der Waals surface area contributed by atoms with E-state index in [4.69, 9.17) is 15.2 Å². The molecule has 0 fully saturated rings. The number of hydrogen-bond acceptors (Lipinski definition) is 6. The highest BCUT2D eigenvalue weighted by atomic mass is 16.6. The number of amidine groups is 1. The Labute approximate surface area is 229 Å². The third-order valence-corrected chi connectivity index (χ3v) is 5.29. The van der Waals surface area contributed by atoms with Crippen LogP contribution < -0.4 is 10.6 Å². The predicted octanol–water partition coefficient (Wildman–Crippen LogP) is 5.75. The van der Waals surface area contributed by atoms with Crippen molar-refractivity contribution < 1.29 is 24.2 Å². The first-order chi connectivity index (χ1) is 18.2. The molecule has 1 heterocycles. The number of pyridine rings is 1. The fourth-order valence-electron chi connectivity index (χ4n) is 3.55. The van der Waals surface area contributed by atoms with Crippen LogP contribution in [0, 0.1) is 0 Å². The highest BCUT2D eigenvalue weighted by Crippen LogP contribution is 2.26. The number of aliphatic hydroxyl groups excluding tert-OH is 1. The van der Waals surface area contributed by atoms with Gasteiger partial charge >= 0.3 is 12.2 Å². The summed E-state index contributed by atoms with van der Waals surface area (Å²) in [6.45, 7) is 10.7. The maximum Gasteiger partial charge on any atom is 0.436 e. The van der Waals surface area contributed by atoms with Gasteiger partial charge in [-0.2, -0.15) is 4.99 Å². The molecular weight excluding hydrogens is 496 g/mol. The second-order valence-corrected chi connectivity index (χ2v) is 11.0. The summed E-state index contributed by atoms with van der Waals surface area (Å²) >= 11 is 0. The molecule has 0 aliphatic carbocycles. The molecule has 0 bridgehead atoms. The Morgan fingerprint density at radius 1 is 0.923 bits per heavy atom. The number of amides is 2. The van der Waals surface area contributed by atoms with Crippen LogP contribution in [0.15, 0.2) is 77.9 Å². The largest absolute Gasteiger partial charge is 0.443 e. The molecule has 0 radical (unpaired) electrons. The first-order valence-electron chi connectivity index (χ1n) is 12.6. The van der Waals surface area contributed by atoms with Crippen LogP contribution in [-0.2, 0) is 16.0 Å². The number of nitrogens with two attached hydrogens (primary N) is 1. The van der Waals surface area contributed by atoms with Gasteiger partial charge in [0.05, 0.1) is 6.54 Å². The average molecular weight is 533 g/mol. The summed E-state index contributed by atoms with van der Waals surface area (Å²) < 4.78 is 10.8. The van der Waals surface area contributed by atoms with Crippen LogP contribution in [0.1, 0.15) is 69.9 Å². The third-order valence-electron chi connectivity index (χ3n) is 5.29. The van der Waals surface area contributed by atoms with E-state index in [-0.39, 0.29) is 12.4 Å². The van der Waals surface area contributed by atoms with E-state index in [1.54, 1.807) is 84.1 Å². The quantitative estimate of drug-likeness (QED) is 0.306. The smallest absolute Gasteiger partial charge is 0.436 e. The van der Waals surface area contributed by atoms with Gasteiger partial charge in [-0.15, -0.1) is 0 Å². The maximum atomic E-state index is 13.2. The zero-order chi connectivity index (χ0) is 28.8. The number of aromatic nitrogens is 1. The van der Waals surface area contributed by atoms with E-state index in [0.717, 1.165) is 11.1 Å². The number of carbonyl (C=O) groups excluding carboxylic acids is 2. The van der Waals surface area contributed by atoms with Gasteiger partial charge in [0.25, 0.3) is 0 Å².